The minimum Gasteiger partial charge on any atom is -0.466 e. The van der Waals surface area contributed by atoms with Crippen LogP contribution in [0.5, 0.6) is 5.75 Å². The summed E-state index contributed by atoms with van der Waals surface area (Å²) in [4.78, 5) is 27.4. The standard InChI is InChI=1S/C24H23N3O6/c1-30-14-33-18-12-8-7-11-17(18)27-21(24(29)32-3)20(23(28)31-2)19(16(13-25)22(27)26)15-9-5-4-6-10-15/h4-12,19H,14,26H2,1-3H3. The molecule has 170 valence electrons. The first kappa shape index (κ1) is 23.4. The molecule has 0 aromatic heterocycles. The summed E-state index contributed by atoms with van der Waals surface area (Å²) in [5.74, 6) is -2.32. The largest absolute Gasteiger partial charge is 0.466 e. The predicted molar refractivity (Wildman–Crippen MR) is 118 cm³/mol. The SMILES string of the molecule is COCOc1ccccc1N1C(N)=C(C#N)C(c2ccccc2)C(C(=O)OC)=C1C(=O)OC. The molecule has 9 nitrogen and oxygen atoms in total. The predicted octanol–water partition coefficient (Wildman–Crippen LogP) is 2.57. The van der Waals surface area contributed by atoms with Gasteiger partial charge in [-0.3, -0.25) is 4.90 Å². The van der Waals surface area contributed by atoms with E-state index in [-0.39, 0.29) is 29.5 Å². The van der Waals surface area contributed by atoms with E-state index in [2.05, 4.69) is 6.07 Å². The average Bonchev–Trinajstić information content (AvgIpc) is 2.86. The molecule has 0 fully saturated rings. The lowest BCUT2D eigenvalue weighted by atomic mass is 9.81. The summed E-state index contributed by atoms with van der Waals surface area (Å²) in [6.07, 6.45) is 0. The highest BCUT2D eigenvalue weighted by Gasteiger charge is 2.43. The quantitative estimate of drug-likeness (QED) is 0.501. The molecule has 1 heterocycles. The number of nitriles is 1. The van der Waals surface area contributed by atoms with Gasteiger partial charge in [-0.05, 0) is 17.7 Å². The second kappa shape index (κ2) is 10.3. The summed E-state index contributed by atoms with van der Waals surface area (Å²) >= 11 is 0. The maximum Gasteiger partial charge on any atom is 0.355 e. The lowest BCUT2D eigenvalue weighted by molar-refractivity contribution is -0.139. The lowest BCUT2D eigenvalue weighted by Crippen LogP contribution is -2.41. The van der Waals surface area contributed by atoms with Gasteiger partial charge in [0, 0.05) is 7.11 Å². The van der Waals surface area contributed by atoms with Gasteiger partial charge in [0.25, 0.3) is 0 Å². The van der Waals surface area contributed by atoms with Crippen LogP contribution >= 0.6 is 0 Å². The van der Waals surface area contributed by atoms with Crippen molar-refractivity contribution in [2.45, 2.75) is 5.92 Å². The summed E-state index contributed by atoms with van der Waals surface area (Å²) in [6, 6.07) is 17.6. The number of carbonyl (C=O) groups is 2. The van der Waals surface area contributed by atoms with Crippen molar-refractivity contribution >= 4 is 17.6 Å². The first-order chi connectivity index (χ1) is 16.0. The van der Waals surface area contributed by atoms with Gasteiger partial charge in [-0.2, -0.15) is 5.26 Å². The van der Waals surface area contributed by atoms with Gasteiger partial charge in [0.1, 0.15) is 17.3 Å². The second-order valence-electron chi connectivity index (χ2n) is 6.85. The molecule has 1 aliphatic rings. The zero-order chi connectivity index (χ0) is 24.0. The van der Waals surface area contributed by atoms with Crippen LogP contribution in [0.1, 0.15) is 11.5 Å². The maximum atomic E-state index is 13.1. The highest BCUT2D eigenvalue weighted by atomic mass is 16.7. The Bertz CT molecular complexity index is 1150. The molecule has 0 amide bonds. The van der Waals surface area contributed by atoms with Gasteiger partial charge in [0.15, 0.2) is 6.79 Å². The molecule has 33 heavy (non-hydrogen) atoms. The van der Waals surface area contributed by atoms with Crippen molar-refractivity contribution in [3.05, 3.63) is 82.8 Å². The monoisotopic (exact) mass is 449 g/mol. The van der Waals surface area contributed by atoms with Crippen molar-refractivity contribution in [3.63, 3.8) is 0 Å². The van der Waals surface area contributed by atoms with Crippen LogP contribution in [0.15, 0.2) is 77.3 Å². The van der Waals surface area contributed by atoms with E-state index < -0.39 is 17.9 Å². The average molecular weight is 449 g/mol. The lowest BCUT2D eigenvalue weighted by Gasteiger charge is -2.36. The number of rotatable bonds is 7. The Morgan fingerprint density at radius 2 is 1.64 bits per heavy atom. The van der Waals surface area contributed by atoms with E-state index in [1.807, 2.05) is 0 Å². The number of carbonyl (C=O) groups excluding carboxylic acids is 2. The Morgan fingerprint density at radius 3 is 2.24 bits per heavy atom. The smallest absolute Gasteiger partial charge is 0.355 e. The van der Waals surface area contributed by atoms with Crippen molar-refractivity contribution in [2.75, 3.05) is 33.0 Å². The van der Waals surface area contributed by atoms with Gasteiger partial charge < -0.3 is 24.7 Å². The zero-order valence-corrected chi connectivity index (χ0v) is 18.4. The number of hydrogen-bond acceptors (Lipinski definition) is 9. The third-order valence-electron chi connectivity index (χ3n) is 5.05. The highest BCUT2D eigenvalue weighted by Crippen LogP contribution is 2.45. The van der Waals surface area contributed by atoms with Crippen LogP contribution < -0.4 is 15.4 Å². The first-order valence-electron chi connectivity index (χ1n) is 9.86. The number of para-hydroxylation sites is 2. The number of nitrogens with two attached hydrogens (primary N) is 1. The van der Waals surface area contributed by atoms with E-state index in [0.717, 1.165) is 0 Å². The number of methoxy groups -OCH3 is 3. The third kappa shape index (κ3) is 4.37. The molecule has 1 aliphatic heterocycles. The normalized spacial score (nSPS) is 15.7. The number of hydrogen-bond donors (Lipinski definition) is 1. The molecule has 1 unspecified atom stereocenters. The number of ether oxygens (including phenoxy) is 4. The van der Waals surface area contributed by atoms with E-state index in [0.29, 0.717) is 17.0 Å². The Labute approximate surface area is 191 Å². The fourth-order valence-electron chi connectivity index (χ4n) is 3.65. The van der Waals surface area contributed by atoms with Crippen LogP contribution in [0.2, 0.25) is 0 Å². The molecular formula is C24H23N3O6. The molecule has 0 radical (unpaired) electrons. The van der Waals surface area contributed by atoms with E-state index in [1.165, 1.54) is 26.2 Å². The minimum absolute atomic E-state index is 0.0483. The van der Waals surface area contributed by atoms with Gasteiger partial charge in [0.05, 0.1) is 43.0 Å². The van der Waals surface area contributed by atoms with E-state index in [9.17, 15) is 14.9 Å². The topological polar surface area (TPSA) is 124 Å². The van der Waals surface area contributed by atoms with Gasteiger partial charge in [0.2, 0.25) is 0 Å². The van der Waals surface area contributed by atoms with Crippen molar-refractivity contribution in [2.24, 2.45) is 5.73 Å². The van der Waals surface area contributed by atoms with E-state index in [1.54, 1.807) is 54.6 Å². The molecule has 2 aromatic rings. The van der Waals surface area contributed by atoms with Crippen molar-refractivity contribution in [1.82, 2.24) is 0 Å². The van der Waals surface area contributed by atoms with Gasteiger partial charge in [-0.1, -0.05) is 42.5 Å². The molecule has 1 atom stereocenters. The first-order valence-corrected chi connectivity index (χ1v) is 9.86. The van der Waals surface area contributed by atoms with Gasteiger partial charge in [-0.25, -0.2) is 9.59 Å². The number of benzene rings is 2. The molecule has 3 rings (SSSR count). The molecule has 0 spiro atoms. The molecule has 2 aromatic carbocycles. The Hall–Kier alpha value is -4.29. The number of anilines is 1. The second-order valence-corrected chi connectivity index (χ2v) is 6.85. The molecule has 0 saturated carbocycles. The molecule has 0 saturated heterocycles. The van der Waals surface area contributed by atoms with Crippen molar-refractivity contribution in [3.8, 4) is 11.8 Å². The van der Waals surface area contributed by atoms with Crippen molar-refractivity contribution in [1.29, 1.82) is 5.26 Å². The van der Waals surface area contributed by atoms with E-state index >= 15 is 0 Å². The summed E-state index contributed by atoms with van der Waals surface area (Å²) in [6.45, 7) is -0.0760. The summed E-state index contributed by atoms with van der Waals surface area (Å²) in [7, 11) is 3.85. The third-order valence-corrected chi connectivity index (χ3v) is 5.05. The fraction of sp³-hybridized carbons (Fsp3) is 0.208. The summed E-state index contributed by atoms with van der Waals surface area (Å²) < 4.78 is 20.7. The molecule has 9 heteroatoms. The summed E-state index contributed by atoms with van der Waals surface area (Å²) in [5, 5.41) is 10.1. The van der Waals surface area contributed by atoms with Crippen LogP contribution in [0.3, 0.4) is 0 Å². The molecule has 0 bridgehead atoms. The Kier molecular flexibility index (Phi) is 7.33. The zero-order valence-electron chi connectivity index (χ0n) is 18.4. The Morgan fingerprint density at radius 1 is 1.00 bits per heavy atom. The fourth-order valence-corrected chi connectivity index (χ4v) is 3.65. The van der Waals surface area contributed by atoms with Crippen molar-refractivity contribution < 1.29 is 28.5 Å². The number of allylic oxidation sites excluding steroid dienone is 1. The van der Waals surface area contributed by atoms with Crippen LogP contribution in [0, 0.1) is 11.3 Å². The minimum atomic E-state index is -0.943. The highest BCUT2D eigenvalue weighted by molar-refractivity contribution is 6.06. The van der Waals surface area contributed by atoms with Gasteiger partial charge in [-0.15, -0.1) is 0 Å². The van der Waals surface area contributed by atoms with Crippen LogP contribution in [-0.4, -0.2) is 40.1 Å². The van der Waals surface area contributed by atoms with Crippen LogP contribution in [0.4, 0.5) is 5.69 Å². The maximum absolute atomic E-state index is 13.1. The summed E-state index contributed by atoms with van der Waals surface area (Å²) in [5.41, 5.74) is 7.19. The molecule has 2 N–H and O–H groups in total. The Balaban J connectivity index is 2.39. The molecular weight excluding hydrogens is 426 g/mol. The number of nitrogens with zero attached hydrogens (tertiary/aromatic N) is 2. The van der Waals surface area contributed by atoms with Gasteiger partial charge >= 0.3 is 11.9 Å². The van der Waals surface area contributed by atoms with E-state index in [4.69, 9.17) is 24.7 Å². The van der Waals surface area contributed by atoms with Crippen LogP contribution in [0.25, 0.3) is 0 Å². The molecule has 0 aliphatic carbocycles. The van der Waals surface area contributed by atoms with Crippen LogP contribution in [-0.2, 0) is 23.8 Å². The number of esters is 2.